The molecule has 0 radical (unpaired) electrons. The molecule has 0 aromatic carbocycles. The van der Waals surface area contributed by atoms with Crippen molar-refractivity contribution in [2.24, 2.45) is 23.5 Å². The van der Waals surface area contributed by atoms with Gasteiger partial charge in [0.25, 0.3) is 0 Å². The molecule has 10 fully saturated rings. The molecule has 0 amide bonds. The predicted molar refractivity (Wildman–Crippen MR) is 185 cm³/mol. The van der Waals surface area contributed by atoms with E-state index in [-0.39, 0.29) is 110 Å². The van der Waals surface area contributed by atoms with Crippen LogP contribution in [-0.2, 0) is 42.7 Å². The van der Waals surface area contributed by atoms with Crippen LogP contribution in [0.1, 0.15) is 97.3 Å². The molecule has 12 bridgehead atoms. The summed E-state index contributed by atoms with van der Waals surface area (Å²) >= 11 is 0. The number of nitrogens with two attached hydrogens (primary N) is 1. The zero-order valence-electron chi connectivity index (χ0n) is 30.4. The van der Waals surface area contributed by atoms with Crippen molar-refractivity contribution in [1.82, 2.24) is 0 Å². The molecular formula is C40H59NO10. The Morgan fingerprint density at radius 2 is 1.51 bits per heavy atom. The van der Waals surface area contributed by atoms with Crippen molar-refractivity contribution in [3.8, 4) is 0 Å². The van der Waals surface area contributed by atoms with Crippen LogP contribution in [0.5, 0.6) is 0 Å². The minimum atomic E-state index is -0.765. The molecular weight excluding hydrogens is 654 g/mol. The Morgan fingerprint density at radius 1 is 0.765 bits per heavy atom. The first-order valence-corrected chi connectivity index (χ1v) is 20.1. The summed E-state index contributed by atoms with van der Waals surface area (Å²) in [6, 6.07) is 0. The van der Waals surface area contributed by atoms with Crippen molar-refractivity contribution < 1.29 is 47.8 Å². The lowest BCUT2D eigenvalue weighted by Gasteiger charge is -2.47. The third-order valence-electron chi connectivity index (χ3n) is 14.2. The first-order chi connectivity index (χ1) is 24.6. The fourth-order valence-corrected chi connectivity index (χ4v) is 11.3. The third-order valence-corrected chi connectivity index (χ3v) is 14.2. The molecule has 3 N–H and O–H groups in total. The van der Waals surface area contributed by atoms with Crippen molar-refractivity contribution >= 4 is 5.78 Å². The van der Waals surface area contributed by atoms with E-state index < -0.39 is 11.9 Å². The van der Waals surface area contributed by atoms with E-state index in [0.29, 0.717) is 44.4 Å². The Morgan fingerprint density at radius 3 is 2.35 bits per heavy atom. The van der Waals surface area contributed by atoms with Gasteiger partial charge in [-0.05, 0) is 73.8 Å². The minimum Gasteiger partial charge on any atom is -0.392 e. The monoisotopic (exact) mass is 713 g/mol. The van der Waals surface area contributed by atoms with Crippen LogP contribution in [0.25, 0.3) is 0 Å². The number of fused-ring (bicyclic) bond motifs is 6. The van der Waals surface area contributed by atoms with Gasteiger partial charge in [-0.2, -0.15) is 0 Å². The highest BCUT2D eigenvalue weighted by Gasteiger charge is 2.68. The van der Waals surface area contributed by atoms with Crippen LogP contribution in [-0.4, -0.2) is 115 Å². The number of Topliss-reactive ketones (excluding diaryl/α,β-unsaturated/α-hetero) is 1. The molecule has 10 rings (SSSR count). The fourth-order valence-electron chi connectivity index (χ4n) is 11.3. The van der Waals surface area contributed by atoms with Crippen molar-refractivity contribution in [2.45, 2.75) is 195 Å². The second kappa shape index (κ2) is 13.8. The van der Waals surface area contributed by atoms with Gasteiger partial charge < -0.3 is 48.7 Å². The fraction of sp³-hybridized carbons (Fsp3) is 0.875. The van der Waals surface area contributed by atoms with Crippen LogP contribution in [0.4, 0.5) is 0 Å². The van der Waals surface area contributed by atoms with Crippen molar-refractivity contribution in [2.75, 3.05) is 6.54 Å². The molecule has 1 spiro atoms. The van der Waals surface area contributed by atoms with Gasteiger partial charge in [-0.1, -0.05) is 27.0 Å². The maximum absolute atomic E-state index is 14.0. The normalized spacial score (nSPS) is 53.2. The average Bonchev–Trinajstić information content (AvgIpc) is 3.77. The lowest BCUT2D eigenvalue weighted by molar-refractivity contribution is -0.292. The Bertz CT molecular complexity index is 1360. The molecule has 0 saturated carbocycles. The molecule has 284 valence electrons. The van der Waals surface area contributed by atoms with Crippen LogP contribution < -0.4 is 5.73 Å². The summed E-state index contributed by atoms with van der Waals surface area (Å²) in [5.74, 6) is -0.222. The van der Waals surface area contributed by atoms with E-state index in [1.54, 1.807) is 0 Å². The van der Waals surface area contributed by atoms with Gasteiger partial charge in [0.2, 0.25) is 0 Å². The summed E-state index contributed by atoms with van der Waals surface area (Å²) in [6.45, 7) is 13.5. The van der Waals surface area contributed by atoms with Crippen LogP contribution in [0, 0.1) is 17.8 Å². The van der Waals surface area contributed by atoms with Gasteiger partial charge in [0, 0.05) is 45.1 Å². The summed E-state index contributed by atoms with van der Waals surface area (Å²) in [7, 11) is 0. The number of aliphatic hydroxyl groups excluding tert-OH is 1. The van der Waals surface area contributed by atoms with E-state index >= 15 is 0 Å². The number of carbonyl (C=O) groups excluding carboxylic acids is 1. The van der Waals surface area contributed by atoms with Gasteiger partial charge in [0.05, 0.1) is 61.0 Å². The molecule has 11 nitrogen and oxygen atoms in total. The van der Waals surface area contributed by atoms with Crippen molar-refractivity contribution in [1.29, 1.82) is 0 Å². The molecule has 10 saturated heterocycles. The summed E-state index contributed by atoms with van der Waals surface area (Å²) in [6.07, 6.45) is 6.43. The Balaban J connectivity index is 0.986. The van der Waals surface area contributed by atoms with Gasteiger partial charge in [0.15, 0.2) is 5.79 Å². The second-order valence-corrected chi connectivity index (χ2v) is 17.6. The first-order valence-electron chi connectivity index (χ1n) is 20.1. The first kappa shape index (κ1) is 35.5. The molecule has 19 atom stereocenters. The Labute approximate surface area is 302 Å². The largest absolute Gasteiger partial charge is 0.392 e. The Hall–Kier alpha value is -1.25. The van der Waals surface area contributed by atoms with Gasteiger partial charge >= 0.3 is 0 Å². The molecule has 10 heterocycles. The Kier molecular flexibility index (Phi) is 9.59. The molecule has 4 unspecified atom stereocenters. The average molecular weight is 714 g/mol. The van der Waals surface area contributed by atoms with Gasteiger partial charge in [0.1, 0.15) is 36.3 Å². The van der Waals surface area contributed by atoms with Crippen molar-refractivity contribution in [3.05, 3.63) is 24.3 Å². The van der Waals surface area contributed by atoms with E-state index in [4.69, 9.17) is 43.6 Å². The predicted octanol–water partition coefficient (Wildman–Crippen LogP) is 4.06. The highest BCUT2D eigenvalue weighted by molar-refractivity contribution is 5.79. The zero-order valence-corrected chi connectivity index (χ0v) is 30.4. The molecule has 0 aliphatic carbocycles. The van der Waals surface area contributed by atoms with E-state index in [1.165, 1.54) is 0 Å². The van der Waals surface area contributed by atoms with Gasteiger partial charge in [-0.25, -0.2) is 0 Å². The number of aliphatic hydroxyl groups is 1. The van der Waals surface area contributed by atoms with Crippen LogP contribution in [0.3, 0.4) is 0 Å². The molecule has 10 aliphatic rings. The van der Waals surface area contributed by atoms with E-state index in [9.17, 15) is 9.90 Å². The van der Waals surface area contributed by atoms with Gasteiger partial charge in [-0.15, -0.1) is 0 Å². The SMILES string of the molecule is C=C1C[C@@H]2CC[C@@]34C[C@H]5O[C@H]6[C@@H](O3)[C@H]3O[C@H](CC[C@@H]3O[C@H]6C5O4)CC(=O)CC3C(C[C@H]4O[C@@H](CCC1O2)C[C@@H](C)C4=C)O[C@H](C[C@H](O)CN)[C@@H]3C. The number of hydrogen-bond donors (Lipinski definition) is 2. The lowest BCUT2D eigenvalue weighted by atomic mass is 9.78. The summed E-state index contributed by atoms with van der Waals surface area (Å²) in [5.41, 5.74) is 8.06. The maximum atomic E-state index is 14.0. The van der Waals surface area contributed by atoms with Crippen LogP contribution >= 0.6 is 0 Å². The van der Waals surface area contributed by atoms with E-state index in [2.05, 4.69) is 27.0 Å². The van der Waals surface area contributed by atoms with Crippen LogP contribution in [0.2, 0.25) is 0 Å². The number of carbonyl (C=O) groups is 1. The van der Waals surface area contributed by atoms with E-state index in [0.717, 1.165) is 56.1 Å². The van der Waals surface area contributed by atoms with Crippen molar-refractivity contribution in [3.63, 3.8) is 0 Å². The zero-order chi connectivity index (χ0) is 35.2. The number of rotatable bonds is 3. The molecule has 0 aromatic rings. The van der Waals surface area contributed by atoms with E-state index in [1.807, 2.05) is 0 Å². The number of hydrogen-bond acceptors (Lipinski definition) is 11. The minimum absolute atomic E-state index is 0.00127. The molecule has 51 heavy (non-hydrogen) atoms. The second-order valence-electron chi connectivity index (χ2n) is 17.6. The lowest BCUT2D eigenvalue weighted by Crippen LogP contribution is -2.61. The van der Waals surface area contributed by atoms with Crippen LogP contribution in [0.15, 0.2) is 24.3 Å². The molecule has 10 aliphatic heterocycles. The summed E-state index contributed by atoms with van der Waals surface area (Å²) in [4.78, 5) is 14.0. The quantitative estimate of drug-likeness (QED) is 0.410. The topological polar surface area (TPSA) is 137 Å². The third kappa shape index (κ3) is 6.53. The highest BCUT2D eigenvalue weighted by Crippen LogP contribution is 2.54. The smallest absolute Gasteiger partial charge is 0.172 e. The summed E-state index contributed by atoms with van der Waals surface area (Å²) in [5, 5.41) is 10.5. The van der Waals surface area contributed by atoms with Gasteiger partial charge in [-0.3, -0.25) is 4.79 Å². The molecule has 11 heteroatoms. The highest BCUT2D eigenvalue weighted by atomic mass is 16.8. The molecule has 0 aromatic heterocycles. The standard InChI is InChI=1S/C40H59NO10/c1-19-11-25-5-7-29-20(2)12-27(44-29)9-10-40-17-34-36(50-40)37-38(49-34)39(51-40)35-30(48-37)8-6-26(46-35)13-23(42)14-28-22(4)31(15-24(43)18-41)47-33(28)16-32(45-25)21(19)3/h19,22,24-39,43H,2-3,5-18,41H2,1,4H3/t19-,22-,24+,25+,26-,27+,28?,29?,30+,31-,32-,33?,34-,35+,36?,37+,38-,39+,40+/m1/s1. The number of ketones is 1. The summed E-state index contributed by atoms with van der Waals surface area (Å²) < 4.78 is 54.0. The maximum Gasteiger partial charge on any atom is 0.172 e. The number of ether oxygens (including phenoxy) is 8.